The van der Waals surface area contributed by atoms with Crippen LogP contribution in [-0.4, -0.2) is 9.78 Å². The summed E-state index contributed by atoms with van der Waals surface area (Å²) in [5.74, 6) is 0.678. The molecule has 2 heterocycles. The molecule has 0 saturated heterocycles. The van der Waals surface area contributed by atoms with Gasteiger partial charge >= 0.3 is 0 Å². The molecule has 0 unspecified atom stereocenters. The average Bonchev–Trinajstić information content (AvgIpc) is 2.82. The topological polar surface area (TPSA) is 48.0 Å². The number of hydrogen-bond acceptors (Lipinski definition) is 3. The predicted molar refractivity (Wildman–Crippen MR) is 61.2 cm³/mol. The highest BCUT2D eigenvalue weighted by atomic mass is 16.3. The third-order valence-electron chi connectivity index (χ3n) is 2.61. The molecule has 4 nitrogen and oxygen atoms in total. The van der Waals surface area contributed by atoms with Gasteiger partial charge in [0.05, 0.1) is 12.3 Å². The maximum atomic E-state index is 11.6. The van der Waals surface area contributed by atoms with Crippen LogP contribution in [0, 0.1) is 0 Å². The van der Waals surface area contributed by atoms with E-state index in [-0.39, 0.29) is 11.6 Å². The number of hydrogen-bond donors (Lipinski definition) is 0. The van der Waals surface area contributed by atoms with Gasteiger partial charge in [-0.15, -0.1) is 0 Å². The van der Waals surface area contributed by atoms with E-state index >= 15 is 0 Å². The van der Waals surface area contributed by atoms with Crippen LogP contribution in [0.25, 0.3) is 11.5 Å². The van der Waals surface area contributed by atoms with E-state index in [1.807, 2.05) is 19.9 Å². The van der Waals surface area contributed by atoms with E-state index < -0.39 is 0 Å². The first kappa shape index (κ1) is 10.7. The lowest BCUT2D eigenvalue weighted by molar-refractivity contribution is 0.453. The van der Waals surface area contributed by atoms with Crippen molar-refractivity contribution in [2.45, 2.75) is 26.3 Å². The van der Waals surface area contributed by atoms with Crippen LogP contribution in [0.3, 0.4) is 0 Å². The van der Waals surface area contributed by atoms with Crippen LogP contribution < -0.4 is 5.56 Å². The van der Waals surface area contributed by atoms with Gasteiger partial charge in [-0.2, -0.15) is 5.10 Å². The Kier molecular flexibility index (Phi) is 2.90. The second kappa shape index (κ2) is 4.35. The fourth-order valence-electron chi connectivity index (χ4n) is 1.47. The van der Waals surface area contributed by atoms with E-state index in [4.69, 9.17) is 4.42 Å². The fraction of sp³-hybridized carbons (Fsp3) is 0.333. The minimum Gasteiger partial charge on any atom is -0.463 e. The zero-order chi connectivity index (χ0) is 11.5. The lowest BCUT2D eigenvalue weighted by Crippen LogP contribution is -2.25. The van der Waals surface area contributed by atoms with Gasteiger partial charge in [-0.1, -0.05) is 6.92 Å². The van der Waals surface area contributed by atoms with Crippen molar-refractivity contribution in [2.75, 3.05) is 0 Å². The Morgan fingerprint density at radius 3 is 2.88 bits per heavy atom. The lowest BCUT2D eigenvalue weighted by atomic mass is 10.2. The van der Waals surface area contributed by atoms with E-state index in [1.165, 1.54) is 10.7 Å². The molecular formula is C12H14N2O2. The lowest BCUT2D eigenvalue weighted by Gasteiger charge is -2.11. The highest BCUT2D eigenvalue weighted by Crippen LogP contribution is 2.16. The van der Waals surface area contributed by atoms with Gasteiger partial charge in [0.2, 0.25) is 0 Å². The van der Waals surface area contributed by atoms with Crippen molar-refractivity contribution in [3.63, 3.8) is 0 Å². The van der Waals surface area contributed by atoms with Crippen LogP contribution >= 0.6 is 0 Å². The second-order valence-electron chi connectivity index (χ2n) is 3.74. The molecule has 0 amide bonds. The Balaban J connectivity index is 2.48. The van der Waals surface area contributed by atoms with Gasteiger partial charge in [0, 0.05) is 6.07 Å². The zero-order valence-corrected chi connectivity index (χ0v) is 9.38. The summed E-state index contributed by atoms with van der Waals surface area (Å²) in [6, 6.07) is 6.93. The molecule has 1 atom stereocenters. The maximum Gasteiger partial charge on any atom is 0.267 e. The summed E-state index contributed by atoms with van der Waals surface area (Å²) in [6.45, 7) is 4.00. The molecule has 0 radical (unpaired) electrons. The molecule has 0 fully saturated rings. The summed E-state index contributed by atoms with van der Waals surface area (Å²) in [7, 11) is 0. The highest BCUT2D eigenvalue weighted by molar-refractivity contribution is 5.50. The molecule has 2 aromatic heterocycles. The maximum absolute atomic E-state index is 11.6. The fourth-order valence-corrected chi connectivity index (χ4v) is 1.47. The van der Waals surface area contributed by atoms with E-state index in [9.17, 15) is 4.79 Å². The normalized spacial score (nSPS) is 12.6. The number of furan rings is 1. The van der Waals surface area contributed by atoms with Gasteiger partial charge in [0.1, 0.15) is 5.69 Å². The molecule has 0 aliphatic heterocycles. The highest BCUT2D eigenvalue weighted by Gasteiger charge is 2.09. The Bertz CT molecular complexity index is 514. The third-order valence-corrected chi connectivity index (χ3v) is 2.61. The average molecular weight is 218 g/mol. The number of nitrogens with zero attached hydrogens (tertiary/aromatic N) is 2. The summed E-state index contributed by atoms with van der Waals surface area (Å²) < 4.78 is 6.75. The van der Waals surface area contributed by atoms with Crippen LogP contribution in [0.15, 0.2) is 39.7 Å². The predicted octanol–water partition coefficient (Wildman–Crippen LogP) is 2.47. The summed E-state index contributed by atoms with van der Waals surface area (Å²) in [4.78, 5) is 11.6. The molecule has 0 spiro atoms. The smallest absolute Gasteiger partial charge is 0.267 e. The van der Waals surface area contributed by atoms with Crippen molar-refractivity contribution in [1.29, 1.82) is 0 Å². The summed E-state index contributed by atoms with van der Waals surface area (Å²) in [5.41, 5.74) is 0.606. The minimum absolute atomic E-state index is 0.0790. The third kappa shape index (κ3) is 1.91. The van der Waals surface area contributed by atoms with Crippen molar-refractivity contribution in [2.24, 2.45) is 0 Å². The first-order chi connectivity index (χ1) is 7.72. The van der Waals surface area contributed by atoms with E-state index in [0.29, 0.717) is 11.5 Å². The Labute approximate surface area is 93.5 Å². The standard InChI is InChI=1S/C12H14N2O2/c1-3-9(2)14-12(15)7-6-10(13-14)11-5-4-8-16-11/h4-9H,3H2,1-2H3/t9-/m0/s1. The van der Waals surface area contributed by atoms with Crippen LogP contribution in [-0.2, 0) is 0 Å². The molecule has 2 rings (SSSR count). The molecule has 0 N–H and O–H groups in total. The van der Waals surface area contributed by atoms with Gasteiger partial charge in [-0.05, 0) is 31.5 Å². The molecule has 0 aliphatic carbocycles. The van der Waals surface area contributed by atoms with Gasteiger partial charge in [-0.25, -0.2) is 4.68 Å². The largest absolute Gasteiger partial charge is 0.463 e. The Morgan fingerprint density at radius 2 is 2.25 bits per heavy atom. The quantitative estimate of drug-likeness (QED) is 0.795. The molecule has 0 saturated carbocycles. The first-order valence-corrected chi connectivity index (χ1v) is 5.36. The summed E-state index contributed by atoms with van der Waals surface area (Å²) in [6.07, 6.45) is 2.46. The molecule has 0 aliphatic rings. The molecule has 0 aromatic carbocycles. The Morgan fingerprint density at radius 1 is 1.44 bits per heavy atom. The van der Waals surface area contributed by atoms with Gasteiger partial charge in [-0.3, -0.25) is 4.79 Å². The SMILES string of the molecule is CC[C@H](C)n1nc(-c2ccco2)ccc1=O. The van der Waals surface area contributed by atoms with Crippen LogP contribution in [0.4, 0.5) is 0 Å². The van der Waals surface area contributed by atoms with Crippen molar-refractivity contribution in [3.05, 3.63) is 40.9 Å². The second-order valence-corrected chi connectivity index (χ2v) is 3.74. The molecule has 4 heteroatoms. The molecule has 2 aromatic rings. The zero-order valence-electron chi connectivity index (χ0n) is 9.38. The Hall–Kier alpha value is -1.84. The van der Waals surface area contributed by atoms with Gasteiger partial charge in [0.25, 0.3) is 5.56 Å². The molecule has 84 valence electrons. The number of aromatic nitrogens is 2. The van der Waals surface area contributed by atoms with Crippen molar-refractivity contribution < 1.29 is 4.42 Å². The summed E-state index contributed by atoms with van der Waals surface area (Å²) >= 11 is 0. The van der Waals surface area contributed by atoms with Crippen LogP contribution in [0.2, 0.25) is 0 Å². The van der Waals surface area contributed by atoms with Crippen LogP contribution in [0.5, 0.6) is 0 Å². The minimum atomic E-state index is -0.0790. The molecule has 16 heavy (non-hydrogen) atoms. The molecule has 0 bridgehead atoms. The summed E-state index contributed by atoms with van der Waals surface area (Å²) in [5, 5.41) is 4.30. The van der Waals surface area contributed by atoms with E-state index in [0.717, 1.165) is 6.42 Å². The van der Waals surface area contributed by atoms with Crippen molar-refractivity contribution >= 4 is 0 Å². The molecular weight excluding hydrogens is 204 g/mol. The number of rotatable bonds is 3. The first-order valence-electron chi connectivity index (χ1n) is 5.36. The van der Waals surface area contributed by atoms with E-state index in [1.54, 1.807) is 18.4 Å². The van der Waals surface area contributed by atoms with E-state index in [2.05, 4.69) is 5.10 Å². The monoisotopic (exact) mass is 218 g/mol. The van der Waals surface area contributed by atoms with Crippen molar-refractivity contribution in [1.82, 2.24) is 9.78 Å². The van der Waals surface area contributed by atoms with Gasteiger partial charge < -0.3 is 4.42 Å². The van der Waals surface area contributed by atoms with Crippen molar-refractivity contribution in [3.8, 4) is 11.5 Å². The van der Waals surface area contributed by atoms with Crippen LogP contribution in [0.1, 0.15) is 26.3 Å². The van der Waals surface area contributed by atoms with Gasteiger partial charge in [0.15, 0.2) is 5.76 Å².